The largest absolute Gasteiger partial charge is 0.251 e. The van der Waals surface area contributed by atoms with Crippen molar-refractivity contribution in [2.45, 2.75) is 13.8 Å². The van der Waals surface area contributed by atoms with E-state index in [0.717, 1.165) is 32.5 Å². The van der Waals surface area contributed by atoms with Crippen molar-refractivity contribution in [3.8, 4) is 0 Å². The van der Waals surface area contributed by atoms with E-state index in [1.54, 1.807) is 0 Å². The Morgan fingerprint density at radius 2 is 1.00 bits per heavy atom. The molecule has 0 bridgehead atoms. The molecule has 0 radical (unpaired) electrons. The van der Waals surface area contributed by atoms with E-state index in [-0.39, 0.29) is 0 Å². The average Bonchev–Trinajstić information content (AvgIpc) is 2.39. The van der Waals surface area contributed by atoms with Gasteiger partial charge in [0.05, 0.1) is 10.7 Å². The molecule has 2 nitrogen and oxygen atoms in total. The zero-order valence-electron chi connectivity index (χ0n) is 10.5. The molecule has 1 aliphatic heterocycles. The van der Waals surface area contributed by atoms with Crippen LogP contribution in [0.5, 0.6) is 0 Å². The van der Waals surface area contributed by atoms with E-state index < -0.39 is 0 Å². The second-order valence-electron chi connectivity index (χ2n) is 4.43. The number of rotatable bonds is 0. The summed E-state index contributed by atoms with van der Waals surface area (Å²) in [7, 11) is 0. The Morgan fingerprint density at radius 3 is 1.44 bits per heavy atom. The maximum Gasteiger partial charge on any atom is 0.0889 e. The van der Waals surface area contributed by atoms with Crippen LogP contribution in [0.25, 0.3) is 11.4 Å². The molecule has 0 fully saturated rings. The van der Waals surface area contributed by atoms with Crippen LogP contribution in [-0.4, -0.2) is 0 Å². The van der Waals surface area contributed by atoms with Crippen LogP contribution < -0.4 is 21.2 Å². The quantitative estimate of drug-likeness (QED) is 0.647. The predicted octanol–water partition coefficient (Wildman–Crippen LogP) is 0.896. The van der Waals surface area contributed by atoms with E-state index in [4.69, 9.17) is 0 Å². The van der Waals surface area contributed by atoms with Crippen molar-refractivity contribution in [2.24, 2.45) is 9.98 Å². The summed E-state index contributed by atoms with van der Waals surface area (Å²) in [6.07, 6.45) is 0. The molecular formula is C16H14N2. The standard InChI is InChI=1S/C16H14N2/c1-11-13-7-3-4-8-14(13)12(2)18-16-10-6-5-9-15(16)17-11/h3-10H,1-2H3/b13-11-,14-12-,17-11?,17-15?,18-12?,18-16?. The molecule has 1 aliphatic rings. The third kappa shape index (κ3) is 1.76. The third-order valence-electron chi connectivity index (χ3n) is 3.16. The highest BCUT2D eigenvalue weighted by Crippen LogP contribution is 1.94. The fourth-order valence-corrected chi connectivity index (χ4v) is 2.25. The van der Waals surface area contributed by atoms with Crippen LogP contribution in [0.4, 0.5) is 0 Å². The van der Waals surface area contributed by atoms with Crippen molar-refractivity contribution >= 4 is 11.4 Å². The first-order valence-corrected chi connectivity index (χ1v) is 6.05. The fraction of sp³-hybridized carbons (Fsp3) is 0.125. The summed E-state index contributed by atoms with van der Waals surface area (Å²) in [4.78, 5) is 9.37. The van der Waals surface area contributed by atoms with Gasteiger partial charge in [-0.1, -0.05) is 36.4 Å². The van der Waals surface area contributed by atoms with Crippen LogP contribution in [0, 0.1) is 0 Å². The van der Waals surface area contributed by atoms with Gasteiger partial charge in [0.15, 0.2) is 0 Å². The lowest BCUT2D eigenvalue weighted by Crippen LogP contribution is -2.33. The number of nitrogens with zero attached hydrogens (tertiary/aromatic N) is 2. The van der Waals surface area contributed by atoms with Crippen LogP contribution >= 0.6 is 0 Å². The van der Waals surface area contributed by atoms with Crippen LogP contribution in [0.15, 0.2) is 58.5 Å². The van der Waals surface area contributed by atoms with E-state index in [2.05, 4.69) is 22.1 Å². The Kier molecular flexibility index (Phi) is 2.56. The molecule has 0 spiro atoms. The molecule has 2 heteroatoms. The molecule has 0 saturated carbocycles. The Hall–Kier alpha value is -2.22. The number of hydrogen-bond acceptors (Lipinski definition) is 2. The topological polar surface area (TPSA) is 24.7 Å². The number of para-hydroxylation sites is 2. The van der Waals surface area contributed by atoms with Gasteiger partial charge in [-0.3, -0.25) is 9.98 Å². The highest BCUT2D eigenvalue weighted by molar-refractivity contribution is 5.48. The smallest absolute Gasteiger partial charge is 0.0889 e. The molecule has 1 heterocycles. The molecule has 0 saturated heterocycles. The van der Waals surface area contributed by atoms with Crippen molar-refractivity contribution in [1.82, 2.24) is 0 Å². The van der Waals surface area contributed by atoms with Gasteiger partial charge in [0, 0.05) is 21.8 Å². The molecular weight excluding hydrogens is 220 g/mol. The number of fused-ring (bicyclic) bond motifs is 2. The fourth-order valence-electron chi connectivity index (χ4n) is 2.25. The third-order valence-corrected chi connectivity index (χ3v) is 3.16. The van der Waals surface area contributed by atoms with Crippen molar-refractivity contribution in [3.05, 3.63) is 69.7 Å². The molecule has 3 rings (SSSR count). The van der Waals surface area contributed by atoms with E-state index in [9.17, 15) is 0 Å². The molecule has 0 aliphatic carbocycles. The maximum atomic E-state index is 4.68. The lowest BCUT2D eigenvalue weighted by atomic mass is 10.1. The Bertz CT molecular complexity index is 773. The normalized spacial score (nSPS) is 19.7. The van der Waals surface area contributed by atoms with Gasteiger partial charge in [0.2, 0.25) is 0 Å². The molecule has 0 unspecified atom stereocenters. The van der Waals surface area contributed by atoms with E-state index in [1.807, 2.05) is 50.2 Å². The highest BCUT2D eigenvalue weighted by Gasteiger charge is 1.99. The molecule has 0 amide bonds. The van der Waals surface area contributed by atoms with Gasteiger partial charge in [0.1, 0.15) is 0 Å². The molecule has 0 N–H and O–H groups in total. The highest BCUT2D eigenvalue weighted by atomic mass is 14.8. The monoisotopic (exact) mass is 234 g/mol. The summed E-state index contributed by atoms with van der Waals surface area (Å²) in [6, 6.07) is 16.3. The molecule has 2 aromatic carbocycles. The Balaban J connectivity index is 2.59. The van der Waals surface area contributed by atoms with Gasteiger partial charge in [-0.2, -0.15) is 0 Å². The molecule has 2 aromatic rings. The summed E-state index contributed by atoms with van der Waals surface area (Å²) >= 11 is 0. The SMILES string of the molecule is C/C1=c2\cccc\c2=C(/C)N=c2ccccc2=N1. The zero-order valence-corrected chi connectivity index (χ0v) is 10.5. The minimum atomic E-state index is 0.934. The predicted molar refractivity (Wildman–Crippen MR) is 72.6 cm³/mol. The number of benzene rings is 2. The van der Waals surface area contributed by atoms with E-state index >= 15 is 0 Å². The van der Waals surface area contributed by atoms with Crippen molar-refractivity contribution in [2.75, 3.05) is 0 Å². The summed E-state index contributed by atoms with van der Waals surface area (Å²) < 4.78 is 0. The van der Waals surface area contributed by atoms with Crippen molar-refractivity contribution in [1.29, 1.82) is 0 Å². The second-order valence-corrected chi connectivity index (χ2v) is 4.43. The van der Waals surface area contributed by atoms with Crippen LogP contribution in [0.3, 0.4) is 0 Å². The van der Waals surface area contributed by atoms with Gasteiger partial charge >= 0.3 is 0 Å². The summed E-state index contributed by atoms with van der Waals surface area (Å²) in [5, 5.41) is 4.19. The number of hydrogen-bond donors (Lipinski definition) is 0. The average molecular weight is 234 g/mol. The van der Waals surface area contributed by atoms with Crippen molar-refractivity contribution < 1.29 is 0 Å². The van der Waals surface area contributed by atoms with Crippen LogP contribution in [0.1, 0.15) is 13.8 Å². The molecule has 88 valence electrons. The molecule has 0 aromatic heterocycles. The molecule has 0 atom stereocenters. The first kappa shape index (κ1) is 10.9. The Labute approximate surface area is 105 Å². The summed E-state index contributed by atoms with van der Waals surface area (Å²) in [6.45, 7) is 4.10. The second kappa shape index (κ2) is 4.22. The van der Waals surface area contributed by atoms with E-state index in [0.29, 0.717) is 0 Å². The van der Waals surface area contributed by atoms with Crippen molar-refractivity contribution in [3.63, 3.8) is 0 Å². The minimum Gasteiger partial charge on any atom is -0.251 e. The maximum absolute atomic E-state index is 4.68. The summed E-state index contributed by atoms with van der Waals surface area (Å²) in [5.41, 5.74) is 2.07. The lowest BCUT2D eigenvalue weighted by Gasteiger charge is -2.02. The van der Waals surface area contributed by atoms with Gasteiger partial charge in [-0.05, 0) is 26.0 Å². The van der Waals surface area contributed by atoms with Crippen LogP contribution in [0.2, 0.25) is 0 Å². The molecule has 18 heavy (non-hydrogen) atoms. The first-order chi connectivity index (χ1) is 8.75. The lowest BCUT2D eigenvalue weighted by molar-refractivity contribution is 1.18. The Morgan fingerprint density at radius 1 is 0.611 bits per heavy atom. The van der Waals surface area contributed by atoms with Gasteiger partial charge < -0.3 is 0 Å². The van der Waals surface area contributed by atoms with Crippen LogP contribution in [-0.2, 0) is 0 Å². The van der Waals surface area contributed by atoms with Gasteiger partial charge in [-0.25, -0.2) is 0 Å². The van der Waals surface area contributed by atoms with E-state index in [1.165, 1.54) is 0 Å². The summed E-state index contributed by atoms with van der Waals surface area (Å²) in [5.74, 6) is 0. The van der Waals surface area contributed by atoms with Gasteiger partial charge in [0.25, 0.3) is 0 Å². The zero-order chi connectivity index (χ0) is 12.5. The minimum absolute atomic E-state index is 0.934. The first-order valence-electron chi connectivity index (χ1n) is 6.05. The van der Waals surface area contributed by atoms with Gasteiger partial charge in [-0.15, -0.1) is 0 Å².